The van der Waals surface area contributed by atoms with E-state index in [2.05, 4.69) is 139 Å². The second-order valence-electron chi connectivity index (χ2n) is 32.8. The Balaban J connectivity index is 1.02. The molecule has 2 unspecified atom stereocenters. The van der Waals surface area contributed by atoms with Gasteiger partial charge in [0, 0.05) is 122 Å². The molecular weight excluding hydrogens is 1550 g/mol. The van der Waals surface area contributed by atoms with Crippen molar-refractivity contribution in [2.45, 2.75) is 299 Å². The lowest BCUT2D eigenvalue weighted by Crippen LogP contribution is -2.04. The maximum absolute atomic E-state index is 14.0. The number of carbonyl (C=O) groups excluding carboxylic acids is 4. The summed E-state index contributed by atoms with van der Waals surface area (Å²) in [5.41, 5.74) is 10.9. The van der Waals surface area contributed by atoms with E-state index < -0.39 is 0 Å². The summed E-state index contributed by atoms with van der Waals surface area (Å²) in [7, 11) is 0. The molecule has 12 heteroatoms. The summed E-state index contributed by atoms with van der Waals surface area (Å²) in [6.07, 6.45) is 49.3. The first-order chi connectivity index (χ1) is 55.9. The molecule has 13 rings (SSSR count). The lowest BCUT2D eigenvalue weighted by Gasteiger charge is -2.16. The van der Waals surface area contributed by atoms with Gasteiger partial charge in [-0.25, -0.2) is 0 Å². The minimum Gasteiger partial charge on any atom is -0.288 e. The number of benzene rings is 3. The molecule has 11 aromatic rings. The number of hydrogen-bond donors (Lipinski definition) is 0. The molecule has 2 aliphatic carbocycles. The maximum atomic E-state index is 14.0. The number of carbonyl (C=O) groups is 4. The van der Waals surface area contributed by atoms with Gasteiger partial charge in [-0.2, -0.15) is 0 Å². The van der Waals surface area contributed by atoms with Crippen molar-refractivity contribution in [3.8, 4) is 59.9 Å². The third-order valence-electron chi connectivity index (χ3n) is 23.9. The molecule has 602 valence electrons. The van der Waals surface area contributed by atoms with E-state index in [1.165, 1.54) is 292 Å². The van der Waals surface area contributed by atoms with E-state index >= 15 is 0 Å². The summed E-state index contributed by atoms with van der Waals surface area (Å²) in [5.74, 6) is 0.671. The standard InChI is InChI=1S/C102H122O4S8/c1-9-17-25-31-43-67(41-23-15-7)57-73-53-55-85(107-73)91-81-65-89(99-71(47-35-29-21-13-5)61-87(111-99)97-69(45-33-27-19-11-3)59-75(109-97)63-83-93(103)77-49-37-38-50-78(77)94(83)104)114-102(81)92(86-56-54-74(108-86)58-68(42-24-16-8)44-32-26-18-10-2)82-66-90(113-101(82)91)100-72(48-36-30-22-14-6)62-88(112-100)98-70(46-34-28-20-12-4)60-76(110-98)64-84-95(105)79-51-39-40-52-80(79)96(84)106/h37-40,49-56,59-68H,9-36,41-48,57-58H2,1-8H3. The topological polar surface area (TPSA) is 68.3 Å². The molecule has 0 radical (unpaired) electrons. The summed E-state index contributed by atoms with van der Waals surface area (Å²) in [5, 5.41) is 2.74. The van der Waals surface area contributed by atoms with Crippen molar-refractivity contribution in [1.29, 1.82) is 0 Å². The molecule has 8 heterocycles. The predicted molar refractivity (Wildman–Crippen MR) is 506 cm³/mol. The van der Waals surface area contributed by atoms with Crippen molar-refractivity contribution in [2.75, 3.05) is 0 Å². The molecule has 8 aromatic heterocycles. The number of fused-ring (bicyclic) bond motifs is 4. The Kier molecular flexibility index (Phi) is 32.0. The highest BCUT2D eigenvalue weighted by atomic mass is 32.1. The van der Waals surface area contributed by atoms with Gasteiger partial charge in [0.2, 0.25) is 0 Å². The monoisotopic (exact) mass is 1670 g/mol. The highest BCUT2D eigenvalue weighted by Crippen LogP contribution is 2.58. The molecule has 3 aromatic carbocycles. The van der Waals surface area contributed by atoms with E-state index in [9.17, 15) is 19.2 Å². The number of hydrogen-bond acceptors (Lipinski definition) is 12. The van der Waals surface area contributed by atoms with Gasteiger partial charge in [-0.1, -0.05) is 284 Å². The molecular formula is C102H122O4S8. The van der Waals surface area contributed by atoms with Gasteiger partial charge in [0.1, 0.15) is 0 Å². The minimum atomic E-state index is -0.168. The van der Waals surface area contributed by atoms with Crippen LogP contribution in [0.4, 0.5) is 0 Å². The molecule has 0 aliphatic heterocycles. The van der Waals surface area contributed by atoms with Crippen LogP contribution >= 0.6 is 90.7 Å². The normalized spacial score (nSPS) is 13.5. The average Bonchev–Trinajstić information content (AvgIpc) is 1.55. The van der Waals surface area contributed by atoms with Gasteiger partial charge in [-0.05, 0) is 171 Å². The van der Waals surface area contributed by atoms with Crippen molar-refractivity contribution in [1.82, 2.24) is 0 Å². The summed E-state index contributed by atoms with van der Waals surface area (Å²) in [4.78, 5) is 74.5. The second-order valence-corrected chi connectivity index (χ2v) is 41.5. The fraction of sp³-hybridized carbons (Fsp3) is 0.471. The van der Waals surface area contributed by atoms with Crippen LogP contribution in [0.25, 0.3) is 92.2 Å². The smallest absolute Gasteiger partial charge is 0.197 e. The van der Waals surface area contributed by atoms with Crippen LogP contribution in [0.5, 0.6) is 0 Å². The summed E-state index contributed by atoms with van der Waals surface area (Å²) in [6, 6.07) is 39.8. The quantitative estimate of drug-likeness (QED) is 0.0216. The Bertz CT molecular complexity index is 4680. The van der Waals surface area contributed by atoms with Crippen molar-refractivity contribution < 1.29 is 19.2 Å². The van der Waals surface area contributed by atoms with E-state index in [-0.39, 0.29) is 34.3 Å². The molecule has 0 fully saturated rings. The number of allylic oxidation sites excluding steroid dienone is 2. The van der Waals surface area contributed by atoms with Crippen molar-refractivity contribution in [3.63, 3.8) is 0 Å². The molecule has 0 N–H and O–H groups in total. The van der Waals surface area contributed by atoms with Crippen LogP contribution in [0.2, 0.25) is 0 Å². The number of Topliss-reactive ketones (excluding diaryl/α,β-unsaturated/α-hetero) is 4. The largest absolute Gasteiger partial charge is 0.288 e. The van der Waals surface area contributed by atoms with Gasteiger partial charge in [0.05, 0.1) is 11.1 Å². The van der Waals surface area contributed by atoms with Gasteiger partial charge in [-0.15, -0.1) is 90.7 Å². The molecule has 114 heavy (non-hydrogen) atoms. The molecule has 0 saturated heterocycles. The number of rotatable bonds is 48. The number of unbranched alkanes of at least 4 members (excludes halogenated alkanes) is 20. The summed E-state index contributed by atoms with van der Waals surface area (Å²) < 4.78 is 2.78. The Morgan fingerprint density at radius 1 is 0.281 bits per heavy atom. The highest BCUT2D eigenvalue weighted by Gasteiger charge is 2.36. The van der Waals surface area contributed by atoms with Crippen LogP contribution in [-0.2, 0) is 38.5 Å². The Hall–Kier alpha value is -6.06. The molecule has 0 amide bonds. The molecule has 4 nitrogen and oxygen atoms in total. The molecule has 2 aliphatic rings. The number of aryl methyl sites for hydroxylation is 4. The van der Waals surface area contributed by atoms with E-state index in [0.29, 0.717) is 34.1 Å². The van der Waals surface area contributed by atoms with E-state index in [1.54, 1.807) is 46.9 Å². The van der Waals surface area contributed by atoms with Crippen LogP contribution in [0, 0.1) is 11.8 Å². The zero-order valence-corrected chi connectivity index (χ0v) is 76.0. The Labute approximate surface area is 714 Å². The Morgan fingerprint density at radius 2 is 0.579 bits per heavy atom. The molecule has 0 saturated carbocycles. The van der Waals surface area contributed by atoms with Crippen LogP contribution in [0.3, 0.4) is 0 Å². The SMILES string of the molecule is CCCCCCc1cc(C=C2C(=O)c3ccccc3C2=O)sc1-c1cc(CCCCCC)c(-c2cc3c(-c4ccc(CC(CCCC)CCCCCC)s4)c4sc(-c5sc(-c6sc(C=C7C(=O)c8ccccc8C7=O)cc6CCCCCC)cc5CCCCCC)cc4c(-c4ccc(CC(CCCC)CCCCCC)s4)c3s2)s1. The van der Waals surface area contributed by atoms with Gasteiger partial charge >= 0.3 is 0 Å². The molecule has 0 bridgehead atoms. The van der Waals surface area contributed by atoms with E-state index in [1.807, 2.05) is 81.8 Å². The van der Waals surface area contributed by atoms with Crippen LogP contribution < -0.4 is 0 Å². The number of ketones is 4. The minimum absolute atomic E-state index is 0.168. The second kappa shape index (κ2) is 42.6. The maximum Gasteiger partial charge on any atom is 0.197 e. The lowest BCUT2D eigenvalue weighted by atomic mass is 9.92. The fourth-order valence-corrected chi connectivity index (χ4v) is 27.7. The zero-order chi connectivity index (χ0) is 79.5. The molecule has 2 atom stereocenters. The first-order valence-corrected chi connectivity index (χ1v) is 50.9. The van der Waals surface area contributed by atoms with Gasteiger partial charge in [-0.3, -0.25) is 19.2 Å². The van der Waals surface area contributed by atoms with Crippen molar-refractivity contribution >= 4 is 146 Å². The van der Waals surface area contributed by atoms with Crippen molar-refractivity contribution in [2.24, 2.45) is 11.8 Å². The summed E-state index contributed by atoms with van der Waals surface area (Å²) >= 11 is 15.7. The van der Waals surface area contributed by atoms with Crippen LogP contribution in [0.15, 0.2) is 120 Å². The van der Waals surface area contributed by atoms with Gasteiger partial charge in [0.15, 0.2) is 23.1 Å². The van der Waals surface area contributed by atoms with Crippen LogP contribution in [0.1, 0.15) is 344 Å². The Morgan fingerprint density at radius 3 is 0.912 bits per heavy atom. The lowest BCUT2D eigenvalue weighted by molar-refractivity contribution is 0.0975. The first-order valence-electron chi connectivity index (χ1n) is 44.4. The van der Waals surface area contributed by atoms with E-state index in [4.69, 9.17) is 0 Å². The highest BCUT2D eigenvalue weighted by molar-refractivity contribution is 7.31. The van der Waals surface area contributed by atoms with Crippen molar-refractivity contribution in [3.05, 3.63) is 184 Å². The first kappa shape index (κ1) is 85.8. The number of thiophene rings is 8. The van der Waals surface area contributed by atoms with Gasteiger partial charge < -0.3 is 0 Å². The van der Waals surface area contributed by atoms with Gasteiger partial charge in [0.25, 0.3) is 0 Å². The van der Waals surface area contributed by atoms with E-state index in [0.717, 1.165) is 74.0 Å². The summed E-state index contributed by atoms with van der Waals surface area (Å²) in [6.45, 7) is 18.6. The zero-order valence-electron chi connectivity index (χ0n) is 69.5. The third kappa shape index (κ3) is 20.6. The van der Waals surface area contributed by atoms with Crippen LogP contribution in [-0.4, -0.2) is 23.1 Å². The third-order valence-corrected chi connectivity index (χ3v) is 33.7. The fourth-order valence-electron chi connectivity index (χ4n) is 17.5. The average molecular weight is 1670 g/mol. The molecule has 0 spiro atoms. The predicted octanol–water partition coefficient (Wildman–Crippen LogP) is 34.5.